The fraction of sp³-hybridized carbons (Fsp3) is 0.407. The molecule has 154 valence electrons. The van der Waals surface area contributed by atoms with E-state index in [1.54, 1.807) is 0 Å². The molecule has 1 aliphatic heterocycles. The average Bonchev–Trinajstić information content (AvgIpc) is 3.14. The van der Waals surface area contributed by atoms with Crippen molar-refractivity contribution in [3.8, 4) is 0 Å². The van der Waals surface area contributed by atoms with Crippen LogP contribution in [0.2, 0.25) is 0 Å². The highest BCUT2D eigenvalue weighted by atomic mass is 32.2. The van der Waals surface area contributed by atoms with Crippen molar-refractivity contribution in [1.29, 1.82) is 0 Å². The molecule has 0 unspecified atom stereocenters. The van der Waals surface area contributed by atoms with Gasteiger partial charge in [0.05, 0.1) is 6.10 Å². The van der Waals surface area contributed by atoms with Crippen LogP contribution in [0, 0.1) is 16.7 Å². The number of benzene rings is 3. The van der Waals surface area contributed by atoms with Crippen LogP contribution in [-0.4, -0.2) is 11.9 Å². The van der Waals surface area contributed by atoms with Crippen molar-refractivity contribution in [3.63, 3.8) is 0 Å². The van der Waals surface area contributed by atoms with E-state index in [4.69, 9.17) is 4.74 Å². The molecule has 30 heavy (non-hydrogen) atoms. The molecule has 2 bridgehead atoms. The Bertz CT molecular complexity index is 1110. The highest BCUT2D eigenvalue weighted by Crippen LogP contribution is 2.70. The van der Waals surface area contributed by atoms with Crippen molar-refractivity contribution in [3.05, 3.63) is 72.3 Å². The van der Waals surface area contributed by atoms with Crippen LogP contribution in [0.5, 0.6) is 0 Å². The van der Waals surface area contributed by atoms with E-state index in [1.807, 2.05) is 23.5 Å². The topological polar surface area (TPSA) is 9.23 Å². The molecule has 0 amide bonds. The maximum atomic E-state index is 6.85. The lowest BCUT2D eigenvalue weighted by molar-refractivity contribution is -0.0676. The first-order valence-electron chi connectivity index (χ1n) is 11.1. The predicted octanol–water partition coefficient (Wildman–Crippen LogP) is 7.95. The fourth-order valence-corrected chi connectivity index (χ4v) is 9.07. The van der Waals surface area contributed by atoms with Gasteiger partial charge in [-0.25, -0.2) is 0 Å². The van der Waals surface area contributed by atoms with Crippen LogP contribution < -0.4 is 0 Å². The van der Waals surface area contributed by atoms with Crippen LogP contribution in [0.15, 0.2) is 76.5 Å². The third-order valence-electron chi connectivity index (χ3n) is 8.26. The largest absolute Gasteiger partial charge is 0.359 e. The number of ether oxygens (including phenoxy) is 1. The van der Waals surface area contributed by atoms with Crippen molar-refractivity contribution < 1.29 is 4.74 Å². The summed E-state index contributed by atoms with van der Waals surface area (Å²) in [5.41, 5.74) is 2.31. The van der Waals surface area contributed by atoms with Gasteiger partial charge in [-0.1, -0.05) is 74.1 Å². The van der Waals surface area contributed by atoms with E-state index in [2.05, 4.69) is 80.6 Å². The van der Waals surface area contributed by atoms with E-state index in [0.29, 0.717) is 16.9 Å². The van der Waals surface area contributed by atoms with Gasteiger partial charge in [0, 0.05) is 26.5 Å². The molecule has 3 fully saturated rings. The normalized spacial score (nSPS) is 31.7. The molecule has 1 heterocycles. The zero-order valence-electron chi connectivity index (χ0n) is 17.6. The Morgan fingerprint density at radius 2 is 1.77 bits per heavy atom. The standard InChI is InChI=1S/C27H28OS2/c1-26(2)20-13-14-27(26)17-29-25(28-24(27)16-20)22-9-5-6-10-23(22)30-21-12-11-18-7-3-4-8-19(18)15-21/h3-12,15,20,24-25H,13-14,16-17H2,1-2H3/t20-,24-,25-,27-/m1/s1. The molecule has 4 atom stereocenters. The summed E-state index contributed by atoms with van der Waals surface area (Å²) in [6.07, 6.45) is 4.43. The Kier molecular flexibility index (Phi) is 4.53. The van der Waals surface area contributed by atoms with Crippen LogP contribution in [0.3, 0.4) is 0 Å². The summed E-state index contributed by atoms with van der Waals surface area (Å²) in [7, 11) is 0. The summed E-state index contributed by atoms with van der Waals surface area (Å²) in [5.74, 6) is 2.07. The maximum Gasteiger partial charge on any atom is 0.129 e. The Morgan fingerprint density at radius 1 is 0.967 bits per heavy atom. The number of rotatable bonds is 3. The van der Waals surface area contributed by atoms with E-state index >= 15 is 0 Å². The Balaban J connectivity index is 1.28. The summed E-state index contributed by atoms with van der Waals surface area (Å²) in [4.78, 5) is 2.61. The molecular weight excluding hydrogens is 404 g/mol. The Hall–Kier alpha value is -1.42. The van der Waals surface area contributed by atoms with Gasteiger partial charge >= 0.3 is 0 Å². The zero-order chi connectivity index (χ0) is 20.3. The molecule has 0 aromatic heterocycles. The minimum atomic E-state index is 0.153. The summed E-state index contributed by atoms with van der Waals surface area (Å²) in [6, 6.07) is 24.2. The molecule has 0 N–H and O–H groups in total. The number of fused-ring (bicyclic) bond motifs is 2. The molecule has 2 aliphatic carbocycles. The third kappa shape index (κ3) is 2.82. The molecule has 1 saturated heterocycles. The summed E-state index contributed by atoms with van der Waals surface area (Å²) < 4.78 is 6.85. The first-order valence-corrected chi connectivity index (χ1v) is 13.0. The first-order chi connectivity index (χ1) is 14.6. The molecule has 1 spiro atoms. The van der Waals surface area contributed by atoms with Gasteiger partial charge in [-0.3, -0.25) is 0 Å². The quantitative estimate of drug-likeness (QED) is 0.415. The van der Waals surface area contributed by atoms with Crippen molar-refractivity contribution in [1.82, 2.24) is 0 Å². The van der Waals surface area contributed by atoms with Crippen molar-refractivity contribution in [2.24, 2.45) is 16.7 Å². The van der Waals surface area contributed by atoms with Gasteiger partial charge in [0.1, 0.15) is 5.44 Å². The number of hydrogen-bond acceptors (Lipinski definition) is 3. The van der Waals surface area contributed by atoms with Crippen LogP contribution in [0.1, 0.15) is 44.1 Å². The van der Waals surface area contributed by atoms with Crippen LogP contribution in [-0.2, 0) is 4.74 Å². The van der Waals surface area contributed by atoms with Crippen LogP contribution in [0.4, 0.5) is 0 Å². The second-order valence-electron chi connectivity index (χ2n) is 9.77. The lowest BCUT2D eigenvalue weighted by atomic mass is 9.69. The second kappa shape index (κ2) is 7.05. The van der Waals surface area contributed by atoms with Crippen LogP contribution in [0.25, 0.3) is 10.8 Å². The lowest BCUT2D eigenvalue weighted by Crippen LogP contribution is -2.45. The van der Waals surface area contributed by atoms with E-state index in [9.17, 15) is 0 Å². The molecule has 6 rings (SSSR count). The van der Waals surface area contributed by atoms with Gasteiger partial charge in [0.25, 0.3) is 0 Å². The SMILES string of the molecule is CC1(C)[C@@H]2CC[C@]13CS[C@H](c1ccccc1Sc1ccc4ccccc4c1)O[C@@H]3C2. The Morgan fingerprint density at radius 3 is 2.63 bits per heavy atom. The number of thioether (sulfide) groups is 1. The highest BCUT2D eigenvalue weighted by Gasteiger charge is 2.66. The lowest BCUT2D eigenvalue weighted by Gasteiger charge is -2.47. The summed E-state index contributed by atoms with van der Waals surface area (Å²) in [6.45, 7) is 5.00. The second-order valence-corrected chi connectivity index (χ2v) is 11.9. The zero-order valence-corrected chi connectivity index (χ0v) is 19.3. The molecule has 3 aliphatic rings. The molecule has 2 saturated carbocycles. The minimum absolute atomic E-state index is 0.153. The van der Waals surface area contributed by atoms with E-state index < -0.39 is 0 Å². The van der Waals surface area contributed by atoms with Crippen molar-refractivity contribution in [2.45, 2.75) is 54.4 Å². The summed E-state index contributed by atoms with van der Waals surface area (Å²) in [5, 5.41) is 2.60. The van der Waals surface area contributed by atoms with Gasteiger partial charge in [0.15, 0.2) is 0 Å². The smallest absolute Gasteiger partial charge is 0.129 e. The van der Waals surface area contributed by atoms with Crippen molar-refractivity contribution in [2.75, 3.05) is 5.75 Å². The van der Waals surface area contributed by atoms with Gasteiger partial charge in [0.2, 0.25) is 0 Å². The molecule has 1 nitrogen and oxygen atoms in total. The highest BCUT2D eigenvalue weighted by molar-refractivity contribution is 8.00. The van der Waals surface area contributed by atoms with E-state index in [0.717, 1.165) is 5.92 Å². The van der Waals surface area contributed by atoms with Crippen molar-refractivity contribution >= 4 is 34.3 Å². The van der Waals surface area contributed by atoms with E-state index in [-0.39, 0.29) is 5.44 Å². The van der Waals surface area contributed by atoms with Crippen LogP contribution >= 0.6 is 23.5 Å². The molecule has 3 heteroatoms. The molecule has 0 radical (unpaired) electrons. The van der Waals surface area contributed by atoms with Gasteiger partial charge in [-0.05, 0) is 59.6 Å². The molecule has 3 aromatic carbocycles. The van der Waals surface area contributed by atoms with Gasteiger partial charge in [-0.2, -0.15) is 0 Å². The van der Waals surface area contributed by atoms with Gasteiger partial charge in [-0.15, -0.1) is 11.8 Å². The molecular formula is C27H28OS2. The maximum absolute atomic E-state index is 6.85. The van der Waals surface area contributed by atoms with Gasteiger partial charge < -0.3 is 4.74 Å². The monoisotopic (exact) mass is 432 g/mol. The molecule has 3 aromatic rings. The average molecular weight is 433 g/mol. The van der Waals surface area contributed by atoms with E-state index in [1.165, 1.54) is 51.1 Å². The number of hydrogen-bond donors (Lipinski definition) is 0. The minimum Gasteiger partial charge on any atom is -0.359 e. The fourth-order valence-electron chi connectivity index (χ4n) is 6.23. The third-order valence-corrected chi connectivity index (χ3v) is 10.7. The predicted molar refractivity (Wildman–Crippen MR) is 128 cm³/mol. The first kappa shape index (κ1) is 19.3. The Labute approximate surface area is 188 Å². The summed E-state index contributed by atoms with van der Waals surface area (Å²) >= 11 is 3.90.